The van der Waals surface area contributed by atoms with Gasteiger partial charge in [0.25, 0.3) is 0 Å². The molecule has 0 unspecified atom stereocenters. The van der Waals surface area contributed by atoms with Crippen LogP contribution in [0.5, 0.6) is 0 Å². The van der Waals surface area contributed by atoms with Crippen LogP contribution in [0, 0.1) is 0 Å². The number of fused-ring (bicyclic) bond motifs is 3. The van der Waals surface area contributed by atoms with Crippen LogP contribution in [0.2, 0.25) is 0 Å². The van der Waals surface area contributed by atoms with E-state index >= 15 is 0 Å². The van der Waals surface area contributed by atoms with Gasteiger partial charge in [0.2, 0.25) is 0 Å². The maximum atomic E-state index is 4.16. The molecule has 3 heteroatoms. The second-order valence-corrected chi connectivity index (χ2v) is 4.74. The molecular weight excluding hydrogens is 186 g/mol. The van der Waals surface area contributed by atoms with E-state index in [0.29, 0.717) is 0 Å². The average Bonchev–Trinajstić information content (AvgIpc) is 2.62. The maximum Gasteiger partial charge on any atom is 0.108 e. The SMILES string of the molecule is c1ccc2c(c1)sc1sncc12. The highest BCUT2D eigenvalue weighted by Crippen LogP contribution is 2.35. The fraction of sp³-hybridized carbons (Fsp3) is 0. The molecule has 0 spiro atoms. The van der Waals surface area contributed by atoms with Crippen molar-refractivity contribution in [3.05, 3.63) is 30.5 Å². The molecule has 3 rings (SSSR count). The molecule has 1 aromatic carbocycles. The summed E-state index contributed by atoms with van der Waals surface area (Å²) in [4.78, 5) is 0. The Morgan fingerprint density at radius 3 is 3.00 bits per heavy atom. The van der Waals surface area contributed by atoms with E-state index < -0.39 is 0 Å². The smallest absolute Gasteiger partial charge is 0.108 e. The lowest BCUT2D eigenvalue weighted by Crippen LogP contribution is -1.59. The number of rotatable bonds is 0. The fourth-order valence-corrected chi connectivity index (χ4v) is 3.33. The van der Waals surface area contributed by atoms with Crippen LogP contribution in [0.3, 0.4) is 0 Å². The van der Waals surface area contributed by atoms with Crippen molar-refractivity contribution in [2.24, 2.45) is 0 Å². The zero-order valence-corrected chi connectivity index (χ0v) is 7.78. The van der Waals surface area contributed by atoms with Crippen LogP contribution in [-0.2, 0) is 0 Å². The third-order valence-corrected chi connectivity index (χ3v) is 3.97. The van der Waals surface area contributed by atoms with Crippen molar-refractivity contribution in [2.75, 3.05) is 0 Å². The molecule has 0 aliphatic rings. The van der Waals surface area contributed by atoms with E-state index in [9.17, 15) is 0 Å². The van der Waals surface area contributed by atoms with Crippen LogP contribution in [0.4, 0.5) is 0 Å². The predicted molar refractivity (Wildman–Crippen MR) is 55.0 cm³/mol. The lowest BCUT2D eigenvalue weighted by molar-refractivity contribution is 1.61. The molecule has 0 bridgehead atoms. The van der Waals surface area contributed by atoms with Crippen LogP contribution in [0.25, 0.3) is 19.5 Å². The average molecular weight is 191 g/mol. The second-order valence-electron chi connectivity index (χ2n) is 2.63. The normalized spacial score (nSPS) is 11.3. The molecule has 0 aliphatic carbocycles. The first kappa shape index (κ1) is 6.57. The van der Waals surface area contributed by atoms with Gasteiger partial charge in [0.15, 0.2) is 0 Å². The highest BCUT2D eigenvalue weighted by Gasteiger charge is 2.04. The zero-order valence-electron chi connectivity index (χ0n) is 6.15. The summed E-state index contributed by atoms with van der Waals surface area (Å²) in [5.41, 5.74) is 0. The largest absolute Gasteiger partial charge is 0.199 e. The van der Waals surface area contributed by atoms with Gasteiger partial charge in [-0.3, -0.25) is 0 Å². The van der Waals surface area contributed by atoms with Gasteiger partial charge in [-0.25, -0.2) is 0 Å². The van der Waals surface area contributed by atoms with Crippen molar-refractivity contribution in [1.82, 2.24) is 4.37 Å². The number of aromatic nitrogens is 1. The standard InChI is InChI=1S/C9H5NS2/c1-2-4-8-6(3-1)7-5-10-12-9(7)11-8/h1-5H. The Labute approximate surface area is 77.4 Å². The molecule has 0 atom stereocenters. The lowest BCUT2D eigenvalue weighted by atomic mass is 10.2. The maximum absolute atomic E-state index is 4.16. The molecular formula is C9H5NS2. The Kier molecular flexibility index (Phi) is 1.25. The minimum Gasteiger partial charge on any atom is -0.199 e. The molecule has 0 saturated carbocycles. The minimum absolute atomic E-state index is 1.31. The van der Waals surface area contributed by atoms with E-state index in [4.69, 9.17) is 0 Å². The molecule has 1 nitrogen and oxygen atoms in total. The van der Waals surface area contributed by atoms with E-state index in [1.54, 1.807) is 11.5 Å². The molecule has 3 aromatic rings. The molecule has 0 N–H and O–H groups in total. The van der Waals surface area contributed by atoms with E-state index in [-0.39, 0.29) is 0 Å². The van der Waals surface area contributed by atoms with Crippen molar-refractivity contribution in [3.8, 4) is 0 Å². The van der Waals surface area contributed by atoms with E-state index in [0.717, 1.165) is 0 Å². The van der Waals surface area contributed by atoms with Gasteiger partial charge in [-0.05, 0) is 17.6 Å². The summed E-state index contributed by atoms with van der Waals surface area (Å²) in [6, 6.07) is 8.47. The molecule has 0 saturated heterocycles. The summed E-state index contributed by atoms with van der Waals surface area (Å²) in [6.07, 6.45) is 1.96. The fourth-order valence-electron chi connectivity index (χ4n) is 1.36. The van der Waals surface area contributed by atoms with E-state index in [1.165, 1.54) is 19.5 Å². The van der Waals surface area contributed by atoms with Crippen molar-refractivity contribution in [2.45, 2.75) is 0 Å². The zero-order chi connectivity index (χ0) is 7.97. The van der Waals surface area contributed by atoms with Crippen LogP contribution >= 0.6 is 22.9 Å². The Balaban J connectivity index is 2.68. The first-order valence-electron chi connectivity index (χ1n) is 3.67. The molecule has 58 valence electrons. The quantitative estimate of drug-likeness (QED) is 0.530. The van der Waals surface area contributed by atoms with Crippen LogP contribution in [0.15, 0.2) is 30.5 Å². The Morgan fingerprint density at radius 2 is 2.00 bits per heavy atom. The van der Waals surface area contributed by atoms with Gasteiger partial charge in [0, 0.05) is 15.5 Å². The summed E-state index contributed by atoms with van der Waals surface area (Å²) < 4.78 is 6.86. The molecule has 0 aliphatic heterocycles. The topological polar surface area (TPSA) is 12.9 Å². The number of nitrogens with zero attached hydrogens (tertiary/aromatic N) is 1. The third kappa shape index (κ3) is 0.750. The number of hydrogen-bond acceptors (Lipinski definition) is 3. The first-order valence-corrected chi connectivity index (χ1v) is 5.26. The molecule has 12 heavy (non-hydrogen) atoms. The first-order chi connectivity index (χ1) is 5.95. The van der Waals surface area contributed by atoms with Crippen molar-refractivity contribution < 1.29 is 0 Å². The molecule has 0 amide bonds. The van der Waals surface area contributed by atoms with Gasteiger partial charge in [0.1, 0.15) is 4.01 Å². The summed E-state index contributed by atoms with van der Waals surface area (Å²) in [7, 11) is 0. The van der Waals surface area contributed by atoms with Crippen LogP contribution < -0.4 is 0 Å². The Bertz CT molecular complexity index is 534. The summed E-state index contributed by atoms with van der Waals surface area (Å²) in [5.74, 6) is 0. The van der Waals surface area contributed by atoms with E-state index in [2.05, 4.69) is 28.6 Å². The highest BCUT2D eigenvalue weighted by atomic mass is 32.2. The predicted octanol–water partition coefficient (Wildman–Crippen LogP) is 3.51. The summed E-state index contributed by atoms with van der Waals surface area (Å²) in [5, 5.41) is 2.65. The van der Waals surface area contributed by atoms with Gasteiger partial charge >= 0.3 is 0 Å². The van der Waals surface area contributed by atoms with Crippen molar-refractivity contribution >= 4 is 42.4 Å². The van der Waals surface area contributed by atoms with Crippen LogP contribution in [-0.4, -0.2) is 4.37 Å². The minimum atomic E-state index is 1.31. The summed E-state index contributed by atoms with van der Waals surface area (Å²) >= 11 is 3.41. The van der Waals surface area contributed by atoms with Crippen molar-refractivity contribution in [1.29, 1.82) is 0 Å². The van der Waals surface area contributed by atoms with E-state index in [1.807, 2.05) is 17.5 Å². The lowest BCUT2D eigenvalue weighted by Gasteiger charge is -1.84. The van der Waals surface area contributed by atoms with Gasteiger partial charge in [-0.2, -0.15) is 4.37 Å². The molecule has 2 aromatic heterocycles. The number of hydrogen-bond donors (Lipinski definition) is 0. The van der Waals surface area contributed by atoms with Gasteiger partial charge < -0.3 is 0 Å². The molecule has 2 heterocycles. The molecule has 0 radical (unpaired) electrons. The monoisotopic (exact) mass is 191 g/mol. The van der Waals surface area contributed by atoms with Crippen LogP contribution in [0.1, 0.15) is 0 Å². The number of thiophene rings is 1. The second kappa shape index (κ2) is 2.28. The summed E-state index contributed by atoms with van der Waals surface area (Å²) in [6.45, 7) is 0. The Hall–Kier alpha value is -0.930. The third-order valence-electron chi connectivity index (χ3n) is 1.92. The highest BCUT2D eigenvalue weighted by molar-refractivity contribution is 7.39. The number of benzene rings is 1. The van der Waals surface area contributed by atoms with Crippen molar-refractivity contribution in [3.63, 3.8) is 0 Å². The van der Waals surface area contributed by atoms with Gasteiger partial charge in [-0.1, -0.05) is 18.2 Å². The Morgan fingerprint density at radius 1 is 1.08 bits per heavy atom. The molecule has 0 fully saturated rings. The van der Waals surface area contributed by atoms with Gasteiger partial charge in [-0.15, -0.1) is 11.3 Å². The van der Waals surface area contributed by atoms with Gasteiger partial charge in [0.05, 0.1) is 6.20 Å².